The molecule has 0 fully saturated rings. The first kappa shape index (κ1) is 13.8. The number of fused-ring (bicyclic) bond motifs is 1. The second-order valence-electron chi connectivity index (χ2n) is 4.85. The van der Waals surface area contributed by atoms with Gasteiger partial charge in [0, 0.05) is 27.7 Å². The summed E-state index contributed by atoms with van der Waals surface area (Å²) in [5.74, 6) is 0.904. The van der Waals surface area contributed by atoms with Crippen LogP contribution in [0.5, 0.6) is 0 Å². The largest absolute Gasteiger partial charge is 0.387 e. The smallest absolute Gasteiger partial charge is 0.112 e. The van der Waals surface area contributed by atoms with Crippen LogP contribution in [-0.2, 0) is 13.5 Å². The highest BCUT2D eigenvalue weighted by atomic mass is 79.9. The Balaban J connectivity index is 1.91. The normalized spacial score (nSPS) is 13.0. The molecule has 2 aromatic heterocycles. The standard InChI is InChI=1S/C15H15BrN2OS/c1-9-10(16)7-14(20-9)13(19)8-15-17-11-5-3-4-6-12(11)18(15)2/h3-7,13,19H,8H2,1-2H3. The molecule has 0 saturated heterocycles. The summed E-state index contributed by atoms with van der Waals surface area (Å²) >= 11 is 5.11. The minimum atomic E-state index is -0.513. The zero-order valence-electron chi connectivity index (χ0n) is 11.3. The number of aliphatic hydroxyl groups is 1. The maximum atomic E-state index is 10.4. The molecule has 2 heterocycles. The highest BCUT2D eigenvalue weighted by Gasteiger charge is 2.16. The second-order valence-corrected chi connectivity index (χ2v) is 6.99. The van der Waals surface area contributed by atoms with Crippen LogP contribution in [0.1, 0.15) is 21.7 Å². The van der Waals surface area contributed by atoms with Crippen molar-refractivity contribution in [1.29, 1.82) is 0 Å². The number of hydrogen-bond donors (Lipinski definition) is 1. The fraction of sp³-hybridized carbons (Fsp3) is 0.267. The van der Waals surface area contributed by atoms with E-state index in [-0.39, 0.29) is 0 Å². The summed E-state index contributed by atoms with van der Waals surface area (Å²) in [4.78, 5) is 6.76. The third-order valence-electron chi connectivity index (χ3n) is 3.46. The van der Waals surface area contributed by atoms with Crippen LogP contribution in [0.2, 0.25) is 0 Å². The van der Waals surface area contributed by atoms with Gasteiger partial charge in [0.05, 0.1) is 17.1 Å². The summed E-state index contributed by atoms with van der Waals surface area (Å²) in [5, 5.41) is 10.4. The molecule has 1 unspecified atom stereocenters. The van der Waals surface area contributed by atoms with Gasteiger partial charge in [0.1, 0.15) is 5.82 Å². The van der Waals surface area contributed by atoms with E-state index in [4.69, 9.17) is 0 Å². The van der Waals surface area contributed by atoms with E-state index >= 15 is 0 Å². The minimum absolute atomic E-state index is 0.513. The van der Waals surface area contributed by atoms with Gasteiger partial charge in [-0.05, 0) is 41.1 Å². The van der Waals surface area contributed by atoms with Gasteiger partial charge in [-0.2, -0.15) is 0 Å². The molecule has 20 heavy (non-hydrogen) atoms. The molecule has 0 amide bonds. The van der Waals surface area contributed by atoms with Crippen LogP contribution in [-0.4, -0.2) is 14.7 Å². The van der Waals surface area contributed by atoms with Gasteiger partial charge in [0.2, 0.25) is 0 Å². The Morgan fingerprint density at radius 3 is 2.80 bits per heavy atom. The SMILES string of the molecule is Cc1sc(C(O)Cc2nc3ccccc3n2C)cc1Br. The third kappa shape index (κ3) is 2.41. The van der Waals surface area contributed by atoms with Crippen molar-refractivity contribution < 1.29 is 5.11 Å². The topological polar surface area (TPSA) is 38.1 Å². The van der Waals surface area contributed by atoms with E-state index in [2.05, 4.69) is 20.9 Å². The number of benzene rings is 1. The second kappa shape index (κ2) is 5.31. The summed E-state index contributed by atoms with van der Waals surface area (Å²) in [6, 6.07) is 10.0. The Bertz CT molecular complexity index is 743. The monoisotopic (exact) mass is 350 g/mol. The van der Waals surface area contributed by atoms with Crippen molar-refractivity contribution in [1.82, 2.24) is 9.55 Å². The van der Waals surface area contributed by atoms with Crippen LogP contribution < -0.4 is 0 Å². The molecule has 1 aromatic carbocycles. The van der Waals surface area contributed by atoms with Crippen LogP contribution in [0.15, 0.2) is 34.8 Å². The van der Waals surface area contributed by atoms with Crippen molar-refractivity contribution in [3.63, 3.8) is 0 Å². The van der Waals surface area contributed by atoms with E-state index in [0.29, 0.717) is 6.42 Å². The first-order valence-corrected chi connectivity index (χ1v) is 8.01. The summed E-state index contributed by atoms with van der Waals surface area (Å²) in [6.07, 6.45) is 0.0120. The van der Waals surface area contributed by atoms with Gasteiger partial charge < -0.3 is 9.67 Å². The molecule has 3 nitrogen and oxygen atoms in total. The van der Waals surface area contributed by atoms with Gasteiger partial charge in [-0.1, -0.05) is 12.1 Å². The predicted molar refractivity (Wildman–Crippen MR) is 86.1 cm³/mol. The zero-order chi connectivity index (χ0) is 14.3. The van der Waals surface area contributed by atoms with Gasteiger partial charge in [-0.3, -0.25) is 0 Å². The van der Waals surface area contributed by atoms with Crippen LogP contribution in [0.25, 0.3) is 11.0 Å². The number of aromatic nitrogens is 2. The van der Waals surface area contributed by atoms with Crippen molar-refractivity contribution in [2.45, 2.75) is 19.4 Å². The van der Waals surface area contributed by atoms with Crippen molar-refractivity contribution in [2.24, 2.45) is 7.05 Å². The average Bonchev–Trinajstić information content (AvgIpc) is 2.92. The molecule has 104 valence electrons. The Morgan fingerprint density at radius 2 is 2.15 bits per heavy atom. The number of halogens is 1. The fourth-order valence-corrected chi connectivity index (χ4v) is 3.84. The molecule has 0 bridgehead atoms. The molecule has 0 saturated carbocycles. The first-order valence-electron chi connectivity index (χ1n) is 6.40. The Morgan fingerprint density at radius 1 is 1.40 bits per heavy atom. The van der Waals surface area contributed by atoms with E-state index in [9.17, 15) is 5.11 Å². The lowest BCUT2D eigenvalue weighted by molar-refractivity contribution is 0.179. The van der Waals surface area contributed by atoms with E-state index in [0.717, 1.165) is 26.2 Å². The Labute approximate surface area is 130 Å². The van der Waals surface area contributed by atoms with Crippen LogP contribution >= 0.6 is 27.3 Å². The van der Waals surface area contributed by atoms with E-state index in [1.54, 1.807) is 11.3 Å². The lowest BCUT2D eigenvalue weighted by Crippen LogP contribution is -2.05. The molecule has 0 aliphatic carbocycles. The summed E-state index contributed by atoms with van der Waals surface area (Å²) in [6.45, 7) is 2.04. The number of hydrogen-bond acceptors (Lipinski definition) is 3. The molecule has 0 spiro atoms. The average molecular weight is 351 g/mol. The molecule has 3 rings (SSSR count). The molecular formula is C15H15BrN2OS. The van der Waals surface area contributed by atoms with Crippen molar-refractivity contribution in [3.8, 4) is 0 Å². The molecular weight excluding hydrogens is 336 g/mol. The lowest BCUT2D eigenvalue weighted by Gasteiger charge is -2.08. The zero-order valence-corrected chi connectivity index (χ0v) is 13.7. The van der Waals surface area contributed by atoms with E-state index in [1.807, 2.05) is 48.9 Å². The molecule has 3 aromatic rings. The highest BCUT2D eigenvalue weighted by molar-refractivity contribution is 9.10. The van der Waals surface area contributed by atoms with Crippen LogP contribution in [0, 0.1) is 6.92 Å². The molecule has 0 aliphatic rings. The number of para-hydroxylation sites is 2. The molecule has 0 aliphatic heterocycles. The Kier molecular flexibility index (Phi) is 3.67. The number of thiophene rings is 1. The van der Waals surface area contributed by atoms with Gasteiger partial charge in [0.25, 0.3) is 0 Å². The number of imidazole rings is 1. The number of rotatable bonds is 3. The van der Waals surface area contributed by atoms with Gasteiger partial charge in [-0.25, -0.2) is 4.98 Å². The van der Waals surface area contributed by atoms with Crippen molar-refractivity contribution >= 4 is 38.3 Å². The van der Waals surface area contributed by atoms with Gasteiger partial charge in [-0.15, -0.1) is 11.3 Å². The van der Waals surface area contributed by atoms with Crippen molar-refractivity contribution in [3.05, 3.63) is 50.4 Å². The fourth-order valence-electron chi connectivity index (χ4n) is 2.30. The first-order chi connectivity index (χ1) is 9.56. The highest BCUT2D eigenvalue weighted by Crippen LogP contribution is 2.32. The summed E-state index contributed by atoms with van der Waals surface area (Å²) in [7, 11) is 1.99. The Hall–Kier alpha value is -1.17. The molecule has 5 heteroatoms. The predicted octanol–water partition coefficient (Wildman–Crippen LogP) is 3.98. The number of aliphatic hydroxyl groups excluding tert-OH is 1. The van der Waals surface area contributed by atoms with Gasteiger partial charge >= 0.3 is 0 Å². The van der Waals surface area contributed by atoms with E-state index in [1.165, 1.54) is 4.88 Å². The quantitative estimate of drug-likeness (QED) is 0.775. The summed E-state index contributed by atoms with van der Waals surface area (Å²) in [5.41, 5.74) is 2.07. The maximum Gasteiger partial charge on any atom is 0.112 e. The van der Waals surface area contributed by atoms with E-state index < -0.39 is 6.10 Å². The summed E-state index contributed by atoms with van der Waals surface area (Å²) < 4.78 is 3.11. The minimum Gasteiger partial charge on any atom is -0.387 e. The lowest BCUT2D eigenvalue weighted by atomic mass is 10.2. The van der Waals surface area contributed by atoms with Crippen LogP contribution in [0.4, 0.5) is 0 Å². The maximum absolute atomic E-state index is 10.4. The molecule has 1 atom stereocenters. The molecule has 0 radical (unpaired) electrons. The molecule has 1 N–H and O–H groups in total. The van der Waals surface area contributed by atoms with Gasteiger partial charge in [0.15, 0.2) is 0 Å². The van der Waals surface area contributed by atoms with Crippen molar-refractivity contribution in [2.75, 3.05) is 0 Å². The number of nitrogens with zero attached hydrogens (tertiary/aromatic N) is 2. The number of aryl methyl sites for hydroxylation is 2. The van der Waals surface area contributed by atoms with Crippen LogP contribution in [0.3, 0.4) is 0 Å². The third-order valence-corrected chi connectivity index (χ3v) is 5.70.